The van der Waals surface area contributed by atoms with Crippen molar-refractivity contribution in [1.29, 1.82) is 0 Å². The number of phosphoric acid groups is 1. The molecule has 8 nitrogen and oxygen atoms in total. The monoisotopic (exact) mass is 274 g/mol. The number of quaternary nitrogens is 1. The van der Waals surface area contributed by atoms with Crippen LogP contribution >= 0.6 is 7.82 Å². The third-order valence-electron chi connectivity index (χ3n) is 1.79. The van der Waals surface area contributed by atoms with Crippen LogP contribution in [0.25, 0.3) is 0 Å². The zero-order valence-electron chi connectivity index (χ0n) is 10.3. The smallest absolute Gasteiger partial charge is 0.393 e. The van der Waals surface area contributed by atoms with Crippen LogP contribution in [0, 0.1) is 0 Å². The number of hydrogen-bond donors (Lipinski definition) is 3. The Kier molecular flexibility index (Phi) is 7.38. The molecule has 0 aliphatic heterocycles. The lowest BCUT2D eigenvalue weighted by molar-refractivity contribution is -0.870. The van der Waals surface area contributed by atoms with Crippen molar-refractivity contribution >= 4 is 7.82 Å². The molecule has 17 heavy (non-hydrogen) atoms. The summed E-state index contributed by atoms with van der Waals surface area (Å²) in [5.41, 5.74) is 0. The lowest BCUT2D eigenvalue weighted by atomic mass is 10.4. The van der Waals surface area contributed by atoms with Crippen LogP contribution < -0.4 is 0 Å². The molecule has 0 aliphatic rings. The third kappa shape index (κ3) is 9.63. The maximum atomic E-state index is 11.3. The average Bonchev–Trinajstić information content (AvgIpc) is 2.16. The maximum Gasteiger partial charge on any atom is 0.472 e. The standard InChI is InChI=1S/C8H20NO7P/c1-9(2,3)4-5-14-17(12,13)15-7-8(6-10)16-11/h8,10H,4-7H2,1-3H3,(H-,11,12,13)/p+1/t8-/m0/s1. The molecule has 0 aliphatic carbocycles. The number of aliphatic hydroxyl groups excluding tert-OH is 1. The third-order valence-corrected chi connectivity index (χ3v) is 2.78. The van der Waals surface area contributed by atoms with E-state index in [-0.39, 0.29) is 6.61 Å². The number of rotatable bonds is 9. The summed E-state index contributed by atoms with van der Waals surface area (Å²) < 4.78 is 21.1. The minimum Gasteiger partial charge on any atom is -0.393 e. The molecule has 0 aromatic rings. The first-order chi connectivity index (χ1) is 7.70. The fourth-order valence-corrected chi connectivity index (χ4v) is 1.50. The molecule has 2 atom stereocenters. The van der Waals surface area contributed by atoms with Crippen LogP contribution in [0.15, 0.2) is 0 Å². The van der Waals surface area contributed by atoms with Gasteiger partial charge < -0.3 is 14.5 Å². The Balaban J connectivity index is 3.92. The largest absolute Gasteiger partial charge is 0.472 e. The van der Waals surface area contributed by atoms with Crippen LogP contribution in [0.2, 0.25) is 0 Å². The predicted octanol–water partition coefficient (Wildman–Crippen LogP) is -0.323. The van der Waals surface area contributed by atoms with Crippen LogP contribution in [-0.4, -0.2) is 73.4 Å². The van der Waals surface area contributed by atoms with E-state index in [9.17, 15) is 9.46 Å². The molecule has 104 valence electrons. The van der Waals surface area contributed by atoms with Crippen LogP contribution in [0.3, 0.4) is 0 Å². The Hall–Kier alpha value is -0.0500. The van der Waals surface area contributed by atoms with Gasteiger partial charge in [-0.15, -0.1) is 0 Å². The van der Waals surface area contributed by atoms with E-state index in [1.165, 1.54) is 0 Å². The Morgan fingerprint density at radius 1 is 1.29 bits per heavy atom. The fraction of sp³-hybridized carbons (Fsp3) is 1.00. The SMILES string of the molecule is C[N+](C)(C)CCOP(=O)(O)OC[C@H](CO)OO. The molecule has 0 spiro atoms. The zero-order valence-corrected chi connectivity index (χ0v) is 11.2. The molecule has 0 aromatic carbocycles. The Bertz CT molecular complexity index is 251. The van der Waals surface area contributed by atoms with Crippen LogP contribution in [-0.2, 0) is 18.5 Å². The molecule has 0 saturated carbocycles. The topological polar surface area (TPSA) is 105 Å². The summed E-state index contributed by atoms with van der Waals surface area (Å²) in [5, 5.41) is 16.9. The van der Waals surface area contributed by atoms with Crippen LogP contribution in [0.4, 0.5) is 0 Å². The normalized spacial score (nSPS) is 17.8. The zero-order chi connectivity index (χ0) is 13.5. The highest BCUT2D eigenvalue weighted by molar-refractivity contribution is 7.47. The molecule has 0 radical (unpaired) electrons. The number of nitrogens with zero attached hydrogens (tertiary/aromatic N) is 1. The van der Waals surface area contributed by atoms with Crippen molar-refractivity contribution in [2.24, 2.45) is 0 Å². The fourth-order valence-electron chi connectivity index (χ4n) is 0.761. The van der Waals surface area contributed by atoms with Crippen molar-refractivity contribution in [2.75, 3.05) is 47.5 Å². The van der Waals surface area contributed by atoms with Crippen molar-refractivity contribution < 1.29 is 38.2 Å². The predicted molar refractivity (Wildman–Crippen MR) is 59.2 cm³/mol. The lowest BCUT2D eigenvalue weighted by Gasteiger charge is -2.24. The van der Waals surface area contributed by atoms with Gasteiger partial charge in [-0.2, -0.15) is 0 Å². The van der Waals surface area contributed by atoms with Crippen LogP contribution in [0.5, 0.6) is 0 Å². The first-order valence-electron chi connectivity index (χ1n) is 5.03. The summed E-state index contributed by atoms with van der Waals surface area (Å²) >= 11 is 0. The van der Waals surface area contributed by atoms with Gasteiger partial charge in [-0.1, -0.05) is 0 Å². The molecule has 0 heterocycles. The molecule has 0 rings (SSSR count). The van der Waals surface area contributed by atoms with E-state index < -0.39 is 27.1 Å². The van der Waals surface area contributed by atoms with Gasteiger partial charge in [0, 0.05) is 0 Å². The van der Waals surface area contributed by atoms with Gasteiger partial charge in [0.1, 0.15) is 19.3 Å². The Labute approximate surface area is 100 Å². The molecule has 3 N–H and O–H groups in total. The molecule has 9 heteroatoms. The highest BCUT2D eigenvalue weighted by Gasteiger charge is 2.24. The van der Waals surface area contributed by atoms with Crippen molar-refractivity contribution in [3.63, 3.8) is 0 Å². The summed E-state index contributed by atoms with van der Waals surface area (Å²) in [6, 6.07) is 0. The molecule has 0 amide bonds. The molecule has 0 saturated heterocycles. The van der Waals surface area contributed by atoms with Crippen molar-refractivity contribution in [2.45, 2.75) is 6.10 Å². The number of phosphoric ester groups is 1. The quantitative estimate of drug-likeness (QED) is 0.229. The van der Waals surface area contributed by atoms with Gasteiger partial charge in [-0.05, 0) is 0 Å². The number of likely N-dealkylation sites (N-methyl/N-ethyl adjacent to an activating group) is 1. The van der Waals surface area contributed by atoms with Crippen molar-refractivity contribution in [3.05, 3.63) is 0 Å². The summed E-state index contributed by atoms with van der Waals surface area (Å²) in [6.45, 7) is -0.380. The van der Waals surface area contributed by atoms with Crippen LogP contribution in [0.1, 0.15) is 0 Å². The van der Waals surface area contributed by atoms with E-state index in [0.29, 0.717) is 11.0 Å². The van der Waals surface area contributed by atoms with Gasteiger partial charge in [0.05, 0.1) is 34.4 Å². The van der Waals surface area contributed by atoms with Crippen molar-refractivity contribution in [3.8, 4) is 0 Å². The number of hydrogen-bond acceptors (Lipinski definition) is 6. The van der Waals surface area contributed by atoms with E-state index in [2.05, 4.69) is 9.41 Å². The minimum absolute atomic E-state index is 0.0566. The maximum absolute atomic E-state index is 11.3. The van der Waals surface area contributed by atoms with E-state index in [4.69, 9.17) is 14.9 Å². The second-order valence-electron chi connectivity index (χ2n) is 4.52. The summed E-state index contributed by atoms with van der Waals surface area (Å²) in [4.78, 5) is 13.0. The lowest BCUT2D eigenvalue weighted by Crippen LogP contribution is -2.37. The van der Waals surface area contributed by atoms with Gasteiger partial charge in [0.25, 0.3) is 0 Å². The highest BCUT2D eigenvalue weighted by Crippen LogP contribution is 2.43. The molecular formula is C8H21NO7P+. The van der Waals surface area contributed by atoms with Crippen molar-refractivity contribution in [1.82, 2.24) is 0 Å². The first-order valence-corrected chi connectivity index (χ1v) is 6.53. The number of aliphatic hydroxyl groups is 1. The molecule has 0 aromatic heterocycles. The summed E-state index contributed by atoms with van der Waals surface area (Å²) in [7, 11) is 1.56. The van der Waals surface area contributed by atoms with E-state index in [1.54, 1.807) is 0 Å². The van der Waals surface area contributed by atoms with Gasteiger partial charge in [0.2, 0.25) is 0 Å². The average molecular weight is 274 g/mol. The van der Waals surface area contributed by atoms with Gasteiger partial charge >= 0.3 is 7.82 Å². The van der Waals surface area contributed by atoms with Gasteiger partial charge in [0.15, 0.2) is 0 Å². The molecule has 0 fully saturated rings. The summed E-state index contributed by atoms with van der Waals surface area (Å²) in [5.74, 6) is 0. The second-order valence-corrected chi connectivity index (χ2v) is 5.97. The summed E-state index contributed by atoms with van der Waals surface area (Å²) in [6.07, 6.45) is -1.07. The Morgan fingerprint density at radius 2 is 1.88 bits per heavy atom. The second kappa shape index (κ2) is 7.40. The molecule has 0 bridgehead atoms. The van der Waals surface area contributed by atoms with E-state index >= 15 is 0 Å². The van der Waals surface area contributed by atoms with E-state index in [0.717, 1.165) is 0 Å². The molecular weight excluding hydrogens is 253 g/mol. The minimum atomic E-state index is -4.17. The van der Waals surface area contributed by atoms with E-state index in [1.807, 2.05) is 21.1 Å². The molecule has 1 unspecified atom stereocenters. The van der Waals surface area contributed by atoms with Gasteiger partial charge in [-0.3, -0.25) is 14.3 Å². The first kappa shape index (κ1) is 16.9. The Morgan fingerprint density at radius 3 is 2.29 bits per heavy atom. The van der Waals surface area contributed by atoms with Gasteiger partial charge in [-0.25, -0.2) is 9.45 Å². The highest BCUT2D eigenvalue weighted by atomic mass is 31.2.